The van der Waals surface area contributed by atoms with Crippen LogP contribution >= 0.6 is 0 Å². The van der Waals surface area contributed by atoms with Crippen molar-refractivity contribution in [2.75, 3.05) is 5.32 Å². The van der Waals surface area contributed by atoms with E-state index >= 15 is 0 Å². The summed E-state index contributed by atoms with van der Waals surface area (Å²) in [5.41, 5.74) is 5.26. The number of halogens is 2. The number of benzene rings is 1. The van der Waals surface area contributed by atoms with E-state index in [4.69, 9.17) is 5.73 Å². The van der Waals surface area contributed by atoms with Crippen molar-refractivity contribution in [1.82, 2.24) is 4.98 Å². The molecule has 1 aromatic carbocycles. The SMILES string of the molecule is C[C@@H]([C@H]1C[C@@H](C)C1)[C@@H](c1ccc(F)c(F)c1O)[C@@H](O)C(=O)Nc1ccnc(C(N)=O)c1. The summed E-state index contributed by atoms with van der Waals surface area (Å²) in [6, 6.07) is 4.72. The number of rotatable bonds is 7. The summed E-state index contributed by atoms with van der Waals surface area (Å²) in [4.78, 5) is 27.9. The van der Waals surface area contributed by atoms with Crippen molar-refractivity contribution in [3.05, 3.63) is 53.4 Å². The number of hydrogen-bond donors (Lipinski definition) is 4. The number of aromatic hydroxyl groups is 1. The smallest absolute Gasteiger partial charge is 0.267 e. The number of aromatic nitrogens is 1. The Bertz CT molecular complexity index is 995. The van der Waals surface area contributed by atoms with Crippen LogP contribution in [-0.2, 0) is 4.79 Å². The second-order valence-electron chi connectivity index (χ2n) is 8.25. The molecule has 0 saturated heterocycles. The number of anilines is 1. The monoisotopic (exact) mass is 433 g/mol. The van der Waals surface area contributed by atoms with Crippen molar-refractivity contribution in [1.29, 1.82) is 0 Å². The standard InChI is InChI=1S/C22H25F2N3O4/c1-10-7-12(8-10)11(2)17(14-3-4-15(23)18(24)19(14)28)20(29)22(31)27-13-5-6-26-16(9-13)21(25)30/h3-6,9-12,17,20,28-29H,7-8H2,1-2H3,(H2,25,30)(H,26,27,31)/t10-,11-,12+,17-,20+/m0/s1. The molecule has 1 heterocycles. The van der Waals surface area contributed by atoms with Gasteiger partial charge in [0.15, 0.2) is 11.6 Å². The van der Waals surface area contributed by atoms with E-state index in [1.165, 1.54) is 24.4 Å². The maximum atomic E-state index is 14.0. The number of nitrogens with one attached hydrogen (secondary N) is 1. The molecule has 0 unspecified atom stereocenters. The van der Waals surface area contributed by atoms with Crippen LogP contribution in [0, 0.1) is 29.4 Å². The molecule has 1 saturated carbocycles. The average molecular weight is 433 g/mol. The number of carbonyl (C=O) groups excluding carboxylic acids is 2. The first-order chi connectivity index (χ1) is 14.6. The minimum absolute atomic E-state index is 0.0406. The van der Waals surface area contributed by atoms with Crippen molar-refractivity contribution in [3.63, 3.8) is 0 Å². The molecule has 0 aliphatic heterocycles. The van der Waals surface area contributed by atoms with Gasteiger partial charge in [-0.3, -0.25) is 14.6 Å². The Kier molecular flexibility index (Phi) is 6.54. The second kappa shape index (κ2) is 8.97. The van der Waals surface area contributed by atoms with Crippen molar-refractivity contribution in [2.45, 2.75) is 38.7 Å². The van der Waals surface area contributed by atoms with E-state index in [9.17, 15) is 28.6 Å². The topological polar surface area (TPSA) is 126 Å². The fraction of sp³-hybridized carbons (Fsp3) is 0.409. The Labute approximate surface area is 178 Å². The summed E-state index contributed by atoms with van der Waals surface area (Å²) in [6.45, 7) is 3.90. The molecule has 2 amide bonds. The molecule has 31 heavy (non-hydrogen) atoms. The molecule has 5 N–H and O–H groups in total. The predicted octanol–water partition coefficient (Wildman–Crippen LogP) is 2.93. The lowest BCUT2D eigenvalue weighted by atomic mass is 9.64. The zero-order chi connectivity index (χ0) is 22.9. The number of pyridine rings is 1. The number of primary amides is 1. The molecule has 1 aliphatic carbocycles. The minimum atomic E-state index is -1.67. The van der Waals surface area contributed by atoms with Crippen LogP contribution in [0.4, 0.5) is 14.5 Å². The Balaban J connectivity index is 1.91. The van der Waals surface area contributed by atoms with Gasteiger partial charge < -0.3 is 21.3 Å². The van der Waals surface area contributed by atoms with Crippen LogP contribution in [0.2, 0.25) is 0 Å². The Morgan fingerprint density at radius 2 is 1.94 bits per heavy atom. The van der Waals surface area contributed by atoms with Crippen LogP contribution in [0.1, 0.15) is 48.7 Å². The molecule has 1 aliphatic rings. The van der Waals surface area contributed by atoms with Gasteiger partial charge in [-0.15, -0.1) is 0 Å². The van der Waals surface area contributed by atoms with Gasteiger partial charge in [0.1, 0.15) is 11.8 Å². The molecule has 1 aromatic heterocycles. The minimum Gasteiger partial charge on any atom is -0.505 e. The number of hydrogen-bond acceptors (Lipinski definition) is 5. The summed E-state index contributed by atoms with van der Waals surface area (Å²) < 4.78 is 27.6. The summed E-state index contributed by atoms with van der Waals surface area (Å²) in [5.74, 6) is -5.82. The van der Waals surface area contributed by atoms with Gasteiger partial charge >= 0.3 is 0 Å². The fourth-order valence-electron chi connectivity index (χ4n) is 4.27. The van der Waals surface area contributed by atoms with E-state index in [0.29, 0.717) is 5.92 Å². The van der Waals surface area contributed by atoms with Gasteiger partial charge in [-0.25, -0.2) is 4.39 Å². The number of amides is 2. The highest BCUT2D eigenvalue weighted by atomic mass is 19.2. The third-order valence-corrected chi connectivity index (χ3v) is 6.07. The lowest BCUT2D eigenvalue weighted by molar-refractivity contribution is -0.126. The molecule has 2 aromatic rings. The van der Waals surface area contributed by atoms with Gasteiger partial charge in [-0.05, 0) is 48.8 Å². The van der Waals surface area contributed by atoms with Crippen LogP contribution < -0.4 is 11.1 Å². The quantitative estimate of drug-likeness (QED) is 0.534. The number of carbonyl (C=O) groups is 2. The van der Waals surface area contributed by atoms with Crippen molar-refractivity contribution < 1.29 is 28.6 Å². The first kappa shape index (κ1) is 22.6. The zero-order valence-electron chi connectivity index (χ0n) is 17.2. The first-order valence-corrected chi connectivity index (χ1v) is 10.0. The van der Waals surface area contributed by atoms with Crippen molar-refractivity contribution >= 4 is 17.5 Å². The van der Waals surface area contributed by atoms with Gasteiger partial charge in [0.25, 0.3) is 11.8 Å². The lowest BCUT2D eigenvalue weighted by Gasteiger charge is -2.42. The van der Waals surface area contributed by atoms with Gasteiger partial charge in [-0.1, -0.05) is 19.9 Å². The van der Waals surface area contributed by atoms with Crippen molar-refractivity contribution in [2.24, 2.45) is 23.5 Å². The maximum Gasteiger partial charge on any atom is 0.267 e. The van der Waals surface area contributed by atoms with Crippen LogP contribution in [0.5, 0.6) is 5.75 Å². The lowest BCUT2D eigenvalue weighted by Crippen LogP contribution is -2.40. The van der Waals surface area contributed by atoms with Gasteiger partial charge in [0.05, 0.1) is 0 Å². The molecule has 166 valence electrons. The van der Waals surface area contributed by atoms with Gasteiger partial charge in [0, 0.05) is 23.4 Å². The van der Waals surface area contributed by atoms with Crippen LogP contribution in [0.15, 0.2) is 30.5 Å². The number of phenolic OH excluding ortho intramolecular Hbond substituents is 1. The highest BCUT2D eigenvalue weighted by Gasteiger charge is 2.41. The van der Waals surface area contributed by atoms with Crippen LogP contribution in [0.3, 0.4) is 0 Å². The number of nitrogens with two attached hydrogens (primary N) is 1. The molecule has 9 heteroatoms. The third kappa shape index (κ3) is 4.66. The number of aliphatic hydroxyl groups is 1. The Morgan fingerprint density at radius 3 is 2.55 bits per heavy atom. The van der Waals surface area contributed by atoms with Crippen molar-refractivity contribution in [3.8, 4) is 5.75 Å². The Hall–Kier alpha value is -3.07. The molecule has 0 spiro atoms. The molecular formula is C22H25F2N3O4. The van der Waals surface area contributed by atoms with Crippen LogP contribution in [-0.4, -0.2) is 33.1 Å². The predicted molar refractivity (Wildman–Crippen MR) is 109 cm³/mol. The molecule has 7 nitrogen and oxygen atoms in total. The van der Waals surface area contributed by atoms with E-state index in [2.05, 4.69) is 17.2 Å². The summed E-state index contributed by atoms with van der Waals surface area (Å²) in [5, 5.41) is 23.6. The normalized spacial score (nSPS) is 20.9. The van der Waals surface area contributed by atoms with Gasteiger partial charge in [0.2, 0.25) is 5.82 Å². The summed E-state index contributed by atoms with van der Waals surface area (Å²) >= 11 is 0. The molecular weight excluding hydrogens is 408 g/mol. The van der Waals surface area contributed by atoms with E-state index in [1.807, 2.05) is 6.92 Å². The average Bonchev–Trinajstić information content (AvgIpc) is 2.71. The highest BCUT2D eigenvalue weighted by molar-refractivity contribution is 5.97. The second-order valence-corrected chi connectivity index (χ2v) is 8.25. The van der Waals surface area contributed by atoms with Crippen LogP contribution in [0.25, 0.3) is 0 Å². The van der Waals surface area contributed by atoms with Gasteiger partial charge in [-0.2, -0.15) is 4.39 Å². The van der Waals surface area contributed by atoms with E-state index in [1.54, 1.807) is 0 Å². The number of aliphatic hydroxyl groups excluding tert-OH is 1. The molecule has 3 atom stereocenters. The molecule has 1 fully saturated rings. The van der Waals surface area contributed by atoms with E-state index in [0.717, 1.165) is 18.9 Å². The number of nitrogens with zero attached hydrogens (tertiary/aromatic N) is 1. The van der Waals surface area contributed by atoms with E-state index < -0.39 is 41.2 Å². The Morgan fingerprint density at radius 1 is 1.26 bits per heavy atom. The third-order valence-electron chi connectivity index (χ3n) is 6.07. The van der Waals surface area contributed by atoms with E-state index in [-0.39, 0.29) is 28.8 Å². The summed E-state index contributed by atoms with van der Waals surface area (Å²) in [7, 11) is 0. The molecule has 0 radical (unpaired) electrons. The molecule has 0 bridgehead atoms. The molecule has 3 rings (SSSR count). The maximum absolute atomic E-state index is 14.0. The first-order valence-electron chi connectivity index (χ1n) is 10.0. The fourth-order valence-corrected chi connectivity index (χ4v) is 4.27. The summed E-state index contributed by atoms with van der Waals surface area (Å²) in [6.07, 6.45) is 1.33. The zero-order valence-corrected chi connectivity index (χ0v) is 17.2. The highest BCUT2D eigenvalue weighted by Crippen LogP contribution is 2.47. The number of phenols is 1. The largest absolute Gasteiger partial charge is 0.505 e.